The van der Waals surface area contributed by atoms with Crippen LogP contribution in [0.5, 0.6) is 0 Å². The Morgan fingerprint density at radius 1 is 1.33 bits per heavy atom. The van der Waals surface area contributed by atoms with E-state index in [9.17, 15) is 4.39 Å². The van der Waals surface area contributed by atoms with Crippen molar-refractivity contribution in [3.05, 3.63) is 46.9 Å². The molecule has 7 heteroatoms. The second-order valence-corrected chi connectivity index (χ2v) is 6.08. The molecule has 1 atom stereocenters. The minimum Gasteiger partial charge on any atom is -0.338 e. The average molecular weight is 329 g/mol. The molecule has 1 aromatic heterocycles. The van der Waals surface area contributed by atoms with E-state index in [-0.39, 0.29) is 11.9 Å². The Bertz CT molecular complexity index is 746. The minimum absolute atomic E-state index is 0.0915. The van der Waals surface area contributed by atoms with Crippen molar-refractivity contribution in [3.63, 3.8) is 0 Å². The van der Waals surface area contributed by atoms with E-state index in [1.54, 1.807) is 6.07 Å². The third kappa shape index (κ3) is 3.61. The van der Waals surface area contributed by atoms with Crippen LogP contribution < -0.4 is 0 Å². The molecule has 1 aromatic carbocycles. The molecule has 1 unspecified atom stereocenters. The number of halogens is 1. The molecule has 0 amide bonds. The lowest BCUT2D eigenvalue weighted by Crippen LogP contribution is -2.46. The van der Waals surface area contributed by atoms with Crippen molar-refractivity contribution in [2.24, 2.45) is 0 Å². The Labute approximate surface area is 140 Å². The van der Waals surface area contributed by atoms with Gasteiger partial charge in [-0.2, -0.15) is 10.2 Å². The van der Waals surface area contributed by atoms with Gasteiger partial charge < -0.3 is 4.52 Å². The van der Waals surface area contributed by atoms with Crippen LogP contribution in [-0.2, 0) is 6.54 Å². The zero-order chi connectivity index (χ0) is 17.1. The van der Waals surface area contributed by atoms with Crippen LogP contribution in [-0.4, -0.2) is 46.1 Å². The van der Waals surface area contributed by atoms with Crippen LogP contribution in [0.15, 0.2) is 22.7 Å². The molecule has 1 fully saturated rings. The number of nitrogens with zero attached hydrogens (tertiary/aromatic N) is 5. The molecule has 0 aliphatic carbocycles. The van der Waals surface area contributed by atoms with Crippen molar-refractivity contribution in [2.45, 2.75) is 26.4 Å². The first-order chi connectivity index (χ1) is 11.6. The molecule has 1 aliphatic heterocycles. The van der Waals surface area contributed by atoms with Crippen LogP contribution in [0.3, 0.4) is 0 Å². The molecule has 0 bridgehead atoms. The van der Waals surface area contributed by atoms with E-state index in [0.29, 0.717) is 23.8 Å². The molecular weight excluding hydrogens is 309 g/mol. The first kappa shape index (κ1) is 16.6. The Balaban J connectivity index is 1.58. The van der Waals surface area contributed by atoms with E-state index in [2.05, 4.69) is 32.9 Å². The molecule has 0 radical (unpaired) electrons. The summed E-state index contributed by atoms with van der Waals surface area (Å²) in [7, 11) is 0. The highest BCUT2D eigenvalue weighted by molar-refractivity contribution is 5.37. The van der Waals surface area contributed by atoms with Gasteiger partial charge in [-0.15, -0.1) is 0 Å². The lowest BCUT2D eigenvalue weighted by molar-refractivity contribution is 0.0845. The van der Waals surface area contributed by atoms with Crippen molar-refractivity contribution in [1.82, 2.24) is 19.9 Å². The van der Waals surface area contributed by atoms with E-state index in [1.165, 1.54) is 12.1 Å². The lowest BCUT2D eigenvalue weighted by Gasteiger charge is -2.36. The summed E-state index contributed by atoms with van der Waals surface area (Å²) in [6, 6.07) is 6.57. The molecule has 3 rings (SSSR count). The number of aryl methyl sites for hydroxylation is 1. The molecule has 0 spiro atoms. The number of aromatic nitrogens is 2. The Kier molecular flexibility index (Phi) is 4.88. The standard InChI is InChI=1S/C17H20FN5O/c1-12(17-20-13(2)21-24-17)23-7-5-22(6-8-23)11-14-3-4-16(18)9-15(14)10-19/h3-4,9,12H,5-8,11H2,1-2H3. The maximum absolute atomic E-state index is 13.2. The second kappa shape index (κ2) is 7.07. The summed E-state index contributed by atoms with van der Waals surface area (Å²) in [6.45, 7) is 8.05. The number of nitriles is 1. The van der Waals surface area contributed by atoms with Crippen LogP contribution in [0, 0.1) is 24.1 Å². The number of hydrogen-bond acceptors (Lipinski definition) is 6. The normalized spacial score (nSPS) is 17.6. The van der Waals surface area contributed by atoms with Crippen LogP contribution >= 0.6 is 0 Å². The SMILES string of the molecule is Cc1noc(C(C)N2CCN(Cc3ccc(F)cc3C#N)CC2)n1. The van der Waals surface area contributed by atoms with Gasteiger partial charge in [0.1, 0.15) is 5.82 Å². The average Bonchev–Trinajstić information content (AvgIpc) is 3.03. The van der Waals surface area contributed by atoms with Crippen LogP contribution in [0.4, 0.5) is 4.39 Å². The van der Waals surface area contributed by atoms with E-state index < -0.39 is 0 Å². The predicted octanol–water partition coefficient (Wildman–Crippen LogP) is 2.27. The van der Waals surface area contributed by atoms with Gasteiger partial charge in [-0.3, -0.25) is 9.80 Å². The highest BCUT2D eigenvalue weighted by Crippen LogP contribution is 2.21. The summed E-state index contributed by atoms with van der Waals surface area (Å²) >= 11 is 0. The van der Waals surface area contributed by atoms with Crippen LogP contribution in [0.25, 0.3) is 0 Å². The Morgan fingerprint density at radius 3 is 2.71 bits per heavy atom. The minimum atomic E-state index is -0.371. The zero-order valence-corrected chi connectivity index (χ0v) is 13.9. The van der Waals surface area contributed by atoms with Crippen molar-refractivity contribution >= 4 is 0 Å². The Morgan fingerprint density at radius 2 is 2.08 bits per heavy atom. The maximum atomic E-state index is 13.2. The first-order valence-corrected chi connectivity index (χ1v) is 8.02. The fraction of sp³-hybridized carbons (Fsp3) is 0.471. The van der Waals surface area contributed by atoms with Crippen LogP contribution in [0.2, 0.25) is 0 Å². The van der Waals surface area contributed by atoms with Crippen molar-refractivity contribution < 1.29 is 8.91 Å². The predicted molar refractivity (Wildman–Crippen MR) is 85.4 cm³/mol. The van der Waals surface area contributed by atoms with E-state index in [1.807, 2.05) is 6.92 Å². The molecule has 0 N–H and O–H groups in total. The summed E-state index contributed by atoms with van der Waals surface area (Å²) in [6.07, 6.45) is 0. The van der Waals surface area contributed by atoms with Gasteiger partial charge in [0.15, 0.2) is 5.82 Å². The summed E-state index contributed by atoms with van der Waals surface area (Å²) in [4.78, 5) is 8.88. The van der Waals surface area contributed by atoms with Gasteiger partial charge in [-0.1, -0.05) is 11.2 Å². The van der Waals surface area contributed by atoms with E-state index in [0.717, 1.165) is 31.7 Å². The van der Waals surface area contributed by atoms with Crippen molar-refractivity contribution in [2.75, 3.05) is 26.2 Å². The fourth-order valence-electron chi connectivity index (χ4n) is 2.98. The summed E-state index contributed by atoms with van der Waals surface area (Å²) in [5.41, 5.74) is 1.28. The highest BCUT2D eigenvalue weighted by atomic mass is 19.1. The number of benzene rings is 1. The monoisotopic (exact) mass is 329 g/mol. The molecular formula is C17H20FN5O. The summed E-state index contributed by atoms with van der Waals surface area (Å²) in [5, 5.41) is 13.0. The Hall–Kier alpha value is -2.30. The van der Waals surface area contributed by atoms with E-state index in [4.69, 9.17) is 9.78 Å². The van der Waals surface area contributed by atoms with Gasteiger partial charge in [0.05, 0.1) is 17.7 Å². The molecule has 6 nitrogen and oxygen atoms in total. The van der Waals surface area contributed by atoms with Gasteiger partial charge in [-0.25, -0.2) is 4.39 Å². The largest absolute Gasteiger partial charge is 0.338 e. The van der Waals surface area contributed by atoms with Gasteiger partial charge in [0, 0.05) is 32.7 Å². The topological polar surface area (TPSA) is 69.2 Å². The molecule has 24 heavy (non-hydrogen) atoms. The number of rotatable bonds is 4. The molecule has 0 saturated carbocycles. The van der Waals surface area contributed by atoms with Gasteiger partial charge >= 0.3 is 0 Å². The summed E-state index contributed by atoms with van der Waals surface area (Å²) in [5.74, 6) is 0.922. The lowest BCUT2D eigenvalue weighted by atomic mass is 10.1. The molecule has 1 saturated heterocycles. The third-order valence-corrected chi connectivity index (χ3v) is 4.44. The first-order valence-electron chi connectivity index (χ1n) is 8.02. The molecule has 2 aromatic rings. The molecule has 2 heterocycles. The fourth-order valence-corrected chi connectivity index (χ4v) is 2.98. The van der Waals surface area contributed by atoms with Gasteiger partial charge in [0.2, 0.25) is 5.89 Å². The van der Waals surface area contributed by atoms with Crippen molar-refractivity contribution in [3.8, 4) is 6.07 Å². The second-order valence-electron chi connectivity index (χ2n) is 6.08. The quantitative estimate of drug-likeness (QED) is 0.857. The van der Waals surface area contributed by atoms with Crippen LogP contribution in [0.1, 0.15) is 35.8 Å². The number of hydrogen-bond donors (Lipinski definition) is 0. The third-order valence-electron chi connectivity index (χ3n) is 4.44. The maximum Gasteiger partial charge on any atom is 0.243 e. The number of piperazine rings is 1. The molecule has 1 aliphatic rings. The molecule has 126 valence electrons. The highest BCUT2D eigenvalue weighted by Gasteiger charge is 2.25. The zero-order valence-electron chi connectivity index (χ0n) is 13.9. The smallest absolute Gasteiger partial charge is 0.243 e. The summed E-state index contributed by atoms with van der Waals surface area (Å²) < 4.78 is 18.5. The van der Waals surface area contributed by atoms with Gasteiger partial charge in [-0.05, 0) is 31.5 Å². The van der Waals surface area contributed by atoms with E-state index >= 15 is 0 Å². The van der Waals surface area contributed by atoms with Crippen molar-refractivity contribution in [1.29, 1.82) is 5.26 Å². The van der Waals surface area contributed by atoms with Gasteiger partial charge in [0.25, 0.3) is 0 Å².